The Morgan fingerprint density at radius 1 is 0.762 bits per heavy atom. The second-order valence-corrected chi connectivity index (χ2v) is 7.97. The number of nitrogens with one attached hydrogen (secondary N) is 1. The first kappa shape index (κ1) is 37.4. The summed E-state index contributed by atoms with van der Waals surface area (Å²) in [6.07, 6.45) is 2.08. The van der Waals surface area contributed by atoms with Crippen LogP contribution < -0.4 is 5.32 Å². The van der Waals surface area contributed by atoms with E-state index in [-0.39, 0.29) is 0 Å². The predicted molar refractivity (Wildman–Crippen MR) is 98.3 cm³/mol. The summed E-state index contributed by atoms with van der Waals surface area (Å²) < 4.78 is 40.5. The molecule has 0 spiro atoms. The maximum atomic E-state index is 10.3. The van der Waals surface area contributed by atoms with Gasteiger partial charge >= 0.3 is 0 Å². The maximum Gasteiger partial charge on any atom is 0.229 e. The minimum Gasteiger partial charge on any atom is -0.323 e. The summed E-state index contributed by atoms with van der Waals surface area (Å²) in [5, 5.41) is 2.75. The molecule has 0 unspecified atom stereocenters. The average molecular weight is 373 g/mol. The van der Waals surface area contributed by atoms with Crippen LogP contribution in [0.3, 0.4) is 0 Å². The number of hydrogen-bond donors (Lipinski definition) is 1. The van der Waals surface area contributed by atoms with Gasteiger partial charge in [-0.1, -0.05) is 41.5 Å². The number of sulfonamides is 1. The lowest BCUT2D eigenvalue weighted by Crippen LogP contribution is -2.19. The molecule has 9 heteroatoms. The minimum absolute atomic E-state index is 0.925. The van der Waals surface area contributed by atoms with Crippen LogP contribution in [0.1, 0.15) is 41.5 Å². The molecule has 0 aliphatic carbocycles. The van der Waals surface area contributed by atoms with Crippen LogP contribution in [-0.2, 0) is 19.1 Å². The molecule has 138 valence electrons. The predicted octanol–water partition coefficient (Wildman–Crippen LogP) is 2.61. The maximum absolute atomic E-state index is 10.3. The van der Waals surface area contributed by atoms with Crippen molar-refractivity contribution in [1.82, 2.24) is 9.62 Å². The highest BCUT2D eigenvalue weighted by Gasteiger charge is 2.00. The van der Waals surface area contributed by atoms with E-state index in [0.29, 0.717) is 0 Å². The number of hydrogen-bond acceptors (Lipinski definition) is 5. The molecular weight excluding hydrogens is 336 g/mol. The molecule has 1 N–H and O–H groups in total. The van der Waals surface area contributed by atoms with E-state index in [2.05, 4.69) is 16.0 Å². The smallest absolute Gasteiger partial charge is 0.229 e. The lowest BCUT2D eigenvalue weighted by molar-refractivity contribution is 0.527. The van der Waals surface area contributed by atoms with E-state index < -0.39 is 19.1 Å². The molecule has 0 aromatic rings. The van der Waals surface area contributed by atoms with Crippen molar-refractivity contribution < 1.29 is 16.8 Å². The van der Waals surface area contributed by atoms with Gasteiger partial charge in [0.25, 0.3) is 0 Å². The first-order valence-electron chi connectivity index (χ1n) is 6.71. The van der Waals surface area contributed by atoms with Crippen molar-refractivity contribution in [3.05, 3.63) is 0 Å². The summed E-state index contributed by atoms with van der Waals surface area (Å²) in [5.41, 5.74) is 0. The van der Waals surface area contributed by atoms with E-state index in [1.165, 1.54) is 14.1 Å². The molecule has 0 aromatic carbocycles. The fraction of sp³-hybridized carbons (Fsp3) is 1.00. The standard InChI is InChI=1S/C3H9NO2S.C2H7N.3C2H6.CH3ClO2S/c1-4(2)7(3,5)6;1-3-2;3*1-2;1-5(2,3)4/h1-3H3;3H,1-2H3;3*1-2H3;1H3. The quantitative estimate of drug-likeness (QED) is 0.715. The van der Waals surface area contributed by atoms with Crippen LogP contribution in [0.4, 0.5) is 0 Å². The van der Waals surface area contributed by atoms with Crippen LogP contribution >= 0.6 is 10.7 Å². The van der Waals surface area contributed by atoms with Crippen LogP contribution in [-0.4, -0.2) is 61.8 Å². The molecule has 0 radical (unpaired) electrons. The highest BCUT2D eigenvalue weighted by molar-refractivity contribution is 8.13. The molecule has 0 saturated carbocycles. The van der Waals surface area contributed by atoms with Crippen molar-refractivity contribution >= 4 is 29.8 Å². The summed E-state index contributed by atoms with van der Waals surface area (Å²) in [6.45, 7) is 12.0. The Balaban J connectivity index is -0.0000000355. The van der Waals surface area contributed by atoms with Crippen molar-refractivity contribution in [2.75, 3.05) is 40.7 Å². The molecule has 21 heavy (non-hydrogen) atoms. The Labute approximate surface area is 138 Å². The van der Waals surface area contributed by atoms with Crippen molar-refractivity contribution in [1.29, 1.82) is 0 Å². The fourth-order valence-corrected chi connectivity index (χ4v) is 0. The molecule has 0 amide bonds. The van der Waals surface area contributed by atoms with Gasteiger partial charge in [0.1, 0.15) is 0 Å². The average Bonchev–Trinajstić information content (AvgIpc) is 2.34. The highest BCUT2D eigenvalue weighted by Crippen LogP contribution is 1.83. The molecule has 0 atom stereocenters. The Morgan fingerprint density at radius 2 is 0.810 bits per heavy atom. The third-order valence-electron chi connectivity index (χ3n) is 0.663. The molecule has 0 aliphatic heterocycles. The number of rotatable bonds is 1. The van der Waals surface area contributed by atoms with E-state index in [1.54, 1.807) is 0 Å². The van der Waals surface area contributed by atoms with E-state index in [1.807, 2.05) is 55.6 Å². The third-order valence-corrected chi connectivity index (χ3v) is 1.99. The summed E-state index contributed by atoms with van der Waals surface area (Å²) in [4.78, 5) is 0. The first-order valence-corrected chi connectivity index (χ1v) is 11.3. The van der Waals surface area contributed by atoms with Gasteiger partial charge < -0.3 is 5.32 Å². The van der Waals surface area contributed by atoms with Gasteiger partial charge in [-0.2, -0.15) is 0 Å². The Bertz CT molecular complexity index is 321. The monoisotopic (exact) mass is 372 g/mol. The van der Waals surface area contributed by atoms with Crippen LogP contribution in [0, 0.1) is 0 Å². The van der Waals surface area contributed by atoms with Gasteiger partial charge in [-0.3, -0.25) is 0 Å². The molecule has 0 heterocycles. The van der Waals surface area contributed by atoms with Crippen LogP contribution in [0.25, 0.3) is 0 Å². The van der Waals surface area contributed by atoms with Crippen molar-refractivity contribution in [3.63, 3.8) is 0 Å². The van der Waals surface area contributed by atoms with E-state index in [9.17, 15) is 16.8 Å². The second-order valence-electron chi connectivity index (χ2n) is 2.73. The second kappa shape index (κ2) is 28.3. The SMILES string of the molecule is CC.CC.CC.CN(C)S(C)(=O)=O.CNC.CS(=O)(=O)Cl. The topological polar surface area (TPSA) is 83.6 Å². The van der Waals surface area contributed by atoms with Gasteiger partial charge in [-0.15, -0.1) is 0 Å². The van der Waals surface area contributed by atoms with Gasteiger partial charge in [0.05, 0.1) is 12.5 Å². The molecule has 0 aliphatic rings. The molecule has 0 bridgehead atoms. The first-order chi connectivity index (χ1) is 9.36. The molecule has 0 fully saturated rings. The molecule has 0 saturated heterocycles. The highest BCUT2D eigenvalue weighted by atomic mass is 35.7. The summed E-state index contributed by atoms with van der Waals surface area (Å²) in [7, 11) is 5.14. The fourth-order valence-electron chi connectivity index (χ4n) is 0. The van der Waals surface area contributed by atoms with Crippen molar-refractivity contribution in [2.24, 2.45) is 0 Å². The molecular formula is C12H37ClN2O4S2. The van der Waals surface area contributed by atoms with Gasteiger partial charge in [0, 0.05) is 24.8 Å². The molecule has 0 aromatic heterocycles. The summed E-state index contributed by atoms with van der Waals surface area (Å²) >= 11 is 0. The Kier molecular flexibility index (Phi) is 50.4. The third kappa shape index (κ3) is 177. The summed E-state index contributed by atoms with van der Waals surface area (Å²) in [5.74, 6) is 0. The van der Waals surface area contributed by atoms with E-state index in [0.717, 1.165) is 16.8 Å². The van der Waals surface area contributed by atoms with E-state index >= 15 is 0 Å². The largest absolute Gasteiger partial charge is 0.323 e. The van der Waals surface area contributed by atoms with E-state index in [4.69, 9.17) is 0 Å². The van der Waals surface area contributed by atoms with Gasteiger partial charge in [-0.25, -0.2) is 21.1 Å². The Morgan fingerprint density at radius 3 is 0.810 bits per heavy atom. The lowest BCUT2D eigenvalue weighted by atomic mass is 11.0. The number of halogens is 1. The normalized spacial score (nSPS) is 8.67. The lowest BCUT2D eigenvalue weighted by Gasteiger charge is -2.02. The van der Waals surface area contributed by atoms with Crippen LogP contribution in [0.15, 0.2) is 0 Å². The summed E-state index contributed by atoms with van der Waals surface area (Å²) in [6, 6.07) is 0. The van der Waals surface area contributed by atoms with Crippen LogP contribution in [0.2, 0.25) is 0 Å². The molecule has 0 rings (SSSR count). The Hall–Kier alpha value is 0.110. The van der Waals surface area contributed by atoms with Gasteiger partial charge in [0.15, 0.2) is 0 Å². The number of nitrogens with zero attached hydrogens (tertiary/aromatic N) is 1. The van der Waals surface area contributed by atoms with Gasteiger partial charge in [-0.05, 0) is 14.1 Å². The zero-order valence-electron chi connectivity index (χ0n) is 15.8. The van der Waals surface area contributed by atoms with Crippen molar-refractivity contribution in [3.8, 4) is 0 Å². The zero-order valence-corrected chi connectivity index (χ0v) is 18.2. The zero-order chi connectivity index (χ0) is 19.3. The van der Waals surface area contributed by atoms with Crippen molar-refractivity contribution in [2.45, 2.75) is 41.5 Å². The minimum atomic E-state index is -3.19. The van der Waals surface area contributed by atoms with Gasteiger partial charge in [0.2, 0.25) is 19.1 Å². The van der Waals surface area contributed by atoms with Crippen LogP contribution in [0.5, 0.6) is 0 Å². The molecule has 6 nitrogen and oxygen atoms in total.